The lowest BCUT2D eigenvalue weighted by molar-refractivity contribution is -0.122. The van der Waals surface area contributed by atoms with Crippen molar-refractivity contribution in [3.8, 4) is 0 Å². The standard InChI is InChI=1S/C20H29N3O2/c1-16(24)17-6-8-19(9-7-17)23-14-12-22(13-15-23)11-10-20(25)21-18-4-2-3-5-18/h6-9,18H,2-5,10-15H2,1H3,(H,21,25). The van der Waals surface area contributed by atoms with E-state index in [1.807, 2.05) is 24.3 Å². The summed E-state index contributed by atoms with van der Waals surface area (Å²) < 4.78 is 0. The first-order valence-electron chi connectivity index (χ1n) is 9.49. The maximum atomic E-state index is 12.0. The Bertz CT molecular complexity index is 585. The number of piperazine rings is 1. The van der Waals surface area contributed by atoms with Gasteiger partial charge in [-0.25, -0.2) is 0 Å². The summed E-state index contributed by atoms with van der Waals surface area (Å²) in [6.07, 6.45) is 5.39. The largest absolute Gasteiger partial charge is 0.369 e. The van der Waals surface area contributed by atoms with E-state index in [1.165, 1.54) is 18.5 Å². The predicted octanol–water partition coefficient (Wildman–Crippen LogP) is 2.46. The summed E-state index contributed by atoms with van der Waals surface area (Å²) >= 11 is 0. The van der Waals surface area contributed by atoms with Gasteiger partial charge in [-0.15, -0.1) is 0 Å². The first-order chi connectivity index (χ1) is 12.1. The van der Waals surface area contributed by atoms with Crippen LogP contribution in [0.1, 0.15) is 49.4 Å². The molecular weight excluding hydrogens is 314 g/mol. The zero-order valence-electron chi connectivity index (χ0n) is 15.2. The molecule has 1 saturated heterocycles. The number of hydrogen-bond donors (Lipinski definition) is 1. The first kappa shape index (κ1) is 17.9. The molecule has 0 atom stereocenters. The van der Waals surface area contributed by atoms with Crippen LogP contribution < -0.4 is 10.2 Å². The molecule has 2 fully saturated rings. The predicted molar refractivity (Wildman–Crippen MR) is 100 cm³/mol. The van der Waals surface area contributed by atoms with Crippen LogP contribution >= 0.6 is 0 Å². The Morgan fingerprint density at radius 3 is 2.28 bits per heavy atom. The molecule has 5 heteroatoms. The van der Waals surface area contributed by atoms with E-state index < -0.39 is 0 Å². The molecule has 1 amide bonds. The molecule has 1 aromatic rings. The molecule has 1 aliphatic heterocycles. The van der Waals surface area contributed by atoms with Gasteiger partial charge in [0.25, 0.3) is 0 Å². The second-order valence-corrected chi connectivity index (χ2v) is 7.23. The van der Waals surface area contributed by atoms with E-state index in [0.29, 0.717) is 12.5 Å². The number of hydrogen-bond acceptors (Lipinski definition) is 4. The van der Waals surface area contributed by atoms with Crippen molar-refractivity contribution in [1.82, 2.24) is 10.2 Å². The summed E-state index contributed by atoms with van der Waals surface area (Å²) in [5, 5.41) is 3.16. The third-order valence-electron chi connectivity index (χ3n) is 5.39. The van der Waals surface area contributed by atoms with E-state index in [2.05, 4.69) is 15.1 Å². The Labute approximate surface area is 150 Å². The van der Waals surface area contributed by atoms with Crippen molar-refractivity contribution in [3.63, 3.8) is 0 Å². The van der Waals surface area contributed by atoms with Gasteiger partial charge in [-0.3, -0.25) is 14.5 Å². The van der Waals surface area contributed by atoms with Crippen LogP contribution in [0.5, 0.6) is 0 Å². The molecule has 3 rings (SSSR count). The van der Waals surface area contributed by atoms with Gasteiger partial charge in [0.1, 0.15) is 0 Å². The fourth-order valence-corrected chi connectivity index (χ4v) is 3.77. The van der Waals surface area contributed by atoms with Crippen LogP contribution in [0.4, 0.5) is 5.69 Å². The second-order valence-electron chi connectivity index (χ2n) is 7.23. The van der Waals surface area contributed by atoms with Gasteiger partial charge < -0.3 is 10.2 Å². The molecule has 136 valence electrons. The van der Waals surface area contributed by atoms with E-state index in [9.17, 15) is 9.59 Å². The van der Waals surface area contributed by atoms with E-state index >= 15 is 0 Å². The number of benzene rings is 1. The number of ketones is 1. The van der Waals surface area contributed by atoms with Crippen molar-refractivity contribution < 1.29 is 9.59 Å². The minimum absolute atomic E-state index is 0.104. The highest BCUT2D eigenvalue weighted by Gasteiger charge is 2.20. The topological polar surface area (TPSA) is 52.7 Å². The maximum absolute atomic E-state index is 12.0. The van der Waals surface area contributed by atoms with Crippen molar-refractivity contribution in [2.75, 3.05) is 37.6 Å². The third kappa shape index (κ3) is 5.05. The van der Waals surface area contributed by atoms with Crippen LogP contribution in [-0.2, 0) is 4.79 Å². The highest BCUT2D eigenvalue weighted by molar-refractivity contribution is 5.94. The van der Waals surface area contributed by atoms with Crippen LogP contribution in [0.2, 0.25) is 0 Å². The lowest BCUT2D eigenvalue weighted by atomic mass is 10.1. The van der Waals surface area contributed by atoms with Crippen LogP contribution in [-0.4, -0.2) is 55.4 Å². The number of nitrogens with one attached hydrogen (secondary N) is 1. The van der Waals surface area contributed by atoms with E-state index in [1.54, 1.807) is 6.92 Å². The summed E-state index contributed by atoms with van der Waals surface area (Å²) in [6, 6.07) is 8.28. The highest BCUT2D eigenvalue weighted by atomic mass is 16.1. The Balaban J connectivity index is 1.39. The molecule has 0 bridgehead atoms. The van der Waals surface area contributed by atoms with Gasteiger partial charge in [0.15, 0.2) is 5.78 Å². The highest BCUT2D eigenvalue weighted by Crippen LogP contribution is 2.19. The van der Waals surface area contributed by atoms with Gasteiger partial charge in [0, 0.05) is 56.4 Å². The minimum atomic E-state index is 0.104. The summed E-state index contributed by atoms with van der Waals surface area (Å²) in [6.45, 7) is 6.32. The molecule has 0 radical (unpaired) electrons. The van der Waals surface area contributed by atoms with Crippen molar-refractivity contribution in [1.29, 1.82) is 0 Å². The lowest BCUT2D eigenvalue weighted by Gasteiger charge is -2.36. The molecule has 0 unspecified atom stereocenters. The quantitative estimate of drug-likeness (QED) is 0.806. The van der Waals surface area contributed by atoms with Crippen LogP contribution in [0, 0.1) is 0 Å². The van der Waals surface area contributed by atoms with Crippen molar-refractivity contribution in [2.24, 2.45) is 0 Å². The molecule has 1 saturated carbocycles. The van der Waals surface area contributed by atoms with Crippen LogP contribution in [0.15, 0.2) is 24.3 Å². The van der Waals surface area contributed by atoms with Gasteiger partial charge in [0.2, 0.25) is 5.91 Å². The maximum Gasteiger partial charge on any atom is 0.221 e. The van der Waals surface area contributed by atoms with E-state index in [0.717, 1.165) is 51.1 Å². The van der Waals surface area contributed by atoms with Crippen molar-refractivity contribution >= 4 is 17.4 Å². The number of amides is 1. The molecule has 2 aliphatic rings. The number of carbonyl (C=O) groups is 2. The summed E-state index contributed by atoms with van der Waals surface area (Å²) in [5.74, 6) is 0.307. The Kier molecular flexibility index (Phi) is 6.08. The molecular formula is C20H29N3O2. The van der Waals surface area contributed by atoms with Crippen LogP contribution in [0.3, 0.4) is 0 Å². The lowest BCUT2D eigenvalue weighted by Crippen LogP contribution is -2.47. The normalized spacial score (nSPS) is 19.2. The molecule has 1 N–H and O–H groups in total. The number of Topliss-reactive ketones (excluding diaryl/α,β-unsaturated/α-hetero) is 1. The first-order valence-corrected chi connectivity index (χ1v) is 9.49. The number of anilines is 1. The monoisotopic (exact) mass is 343 g/mol. The fraction of sp³-hybridized carbons (Fsp3) is 0.600. The van der Waals surface area contributed by atoms with Crippen molar-refractivity contribution in [3.05, 3.63) is 29.8 Å². The Hall–Kier alpha value is -1.88. The summed E-state index contributed by atoms with van der Waals surface area (Å²) in [5.41, 5.74) is 1.93. The summed E-state index contributed by atoms with van der Waals surface area (Å²) in [4.78, 5) is 28.1. The van der Waals surface area contributed by atoms with Crippen LogP contribution in [0.25, 0.3) is 0 Å². The zero-order chi connectivity index (χ0) is 17.6. The van der Waals surface area contributed by atoms with E-state index in [-0.39, 0.29) is 11.7 Å². The third-order valence-corrected chi connectivity index (χ3v) is 5.39. The second kappa shape index (κ2) is 8.48. The van der Waals surface area contributed by atoms with Gasteiger partial charge in [-0.05, 0) is 44.0 Å². The van der Waals surface area contributed by atoms with Gasteiger partial charge >= 0.3 is 0 Å². The number of carbonyl (C=O) groups excluding carboxylic acids is 2. The van der Waals surface area contributed by atoms with Gasteiger partial charge in [-0.1, -0.05) is 12.8 Å². The number of rotatable bonds is 6. The van der Waals surface area contributed by atoms with Gasteiger partial charge in [-0.2, -0.15) is 0 Å². The van der Waals surface area contributed by atoms with E-state index in [4.69, 9.17) is 0 Å². The number of nitrogens with zero attached hydrogens (tertiary/aromatic N) is 2. The molecule has 0 aromatic heterocycles. The summed E-state index contributed by atoms with van der Waals surface area (Å²) in [7, 11) is 0. The Morgan fingerprint density at radius 1 is 1.04 bits per heavy atom. The molecule has 5 nitrogen and oxygen atoms in total. The van der Waals surface area contributed by atoms with Gasteiger partial charge in [0.05, 0.1) is 0 Å². The molecule has 0 spiro atoms. The molecule has 25 heavy (non-hydrogen) atoms. The van der Waals surface area contributed by atoms with Crippen molar-refractivity contribution in [2.45, 2.75) is 45.1 Å². The average molecular weight is 343 g/mol. The molecule has 1 aromatic carbocycles. The minimum Gasteiger partial charge on any atom is -0.369 e. The Morgan fingerprint density at radius 2 is 1.68 bits per heavy atom. The SMILES string of the molecule is CC(=O)c1ccc(N2CCN(CCC(=O)NC3CCCC3)CC2)cc1. The molecule has 1 heterocycles. The fourth-order valence-electron chi connectivity index (χ4n) is 3.77. The molecule has 1 aliphatic carbocycles. The average Bonchev–Trinajstić information content (AvgIpc) is 3.13. The zero-order valence-corrected chi connectivity index (χ0v) is 15.2. The smallest absolute Gasteiger partial charge is 0.221 e.